The number of hydrogen-bond acceptors (Lipinski definition) is 5. The van der Waals surface area contributed by atoms with Gasteiger partial charge in [0.1, 0.15) is 0 Å². The largest absolute Gasteiger partial charge is 0.324 e. The van der Waals surface area contributed by atoms with Crippen molar-refractivity contribution in [3.8, 4) is 0 Å². The zero-order valence-electron chi connectivity index (χ0n) is 9.86. The summed E-state index contributed by atoms with van der Waals surface area (Å²) in [5, 5.41) is 0.741. The van der Waals surface area contributed by atoms with Gasteiger partial charge in [-0.2, -0.15) is 0 Å². The molecule has 0 fully saturated rings. The molecule has 0 radical (unpaired) electrons. The van der Waals surface area contributed by atoms with Gasteiger partial charge in [0.15, 0.2) is 4.21 Å². The van der Waals surface area contributed by atoms with Crippen molar-refractivity contribution in [3.05, 3.63) is 10.7 Å². The molecule has 3 N–H and O–H groups in total. The predicted octanol–water partition coefficient (Wildman–Crippen LogP) is 0.776. The molecule has 1 aromatic rings. The molecule has 0 saturated heterocycles. The Morgan fingerprint density at radius 3 is 2.38 bits per heavy atom. The van der Waals surface area contributed by atoms with Crippen LogP contribution in [0.2, 0.25) is 0 Å². The maximum atomic E-state index is 11.9. The maximum absolute atomic E-state index is 11.9. The third kappa shape index (κ3) is 3.51. The van der Waals surface area contributed by atoms with Crippen LogP contribution in [0.1, 0.15) is 24.5 Å². The van der Waals surface area contributed by atoms with Gasteiger partial charge >= 0.3 is 0 Å². The van der Waals surface area contributed by atoms with Crippen LogP contribution < -0.4 is 10.5 Å². The number of aromatic nitrogens is 1. The first kappa shape index (κ1) is 13.6. The zero-order valence-corrected chi connectivity index (χ0v) is 11.5. The molecule has 0 aliphatic rings. The summed E-state index contributed by atoms with van der Waals surface area (Å²) in [6, 6.07) is 0. The number of rotatable bonds is 4. The second-order valence-corrected chi connectivity index (χ2v) is 7.58. The molecule has 92 valence electrons. The van der Waals surface area contributed by atoms with Gasteiger partial charge in [0, 0.05) is 12.1 Å². The van der Waals surface area contributed by atoms with Gasteiger partial charge in [0.2, 0.25) is 0 Å². The van der Waals surface area contributed by atoms with Crippen LogP contribution in [-0.2, 0) is 10.0 Å². The van der Waals surface area contributed by atoms with Crippen LogP contribution in [0, 0.1) is 13.8 Å². The number of nitrogens with zero attached hydrogens (tertiary/aromatic N) is 1. The molecule has 1 heterocycles. The van der Waals surface area contributed by atoms with Gasteiger partial charge in [-0.05, 0) is 27.7 Å². The molecule has 1 aromatic heterocycles. The van der Waals surface area contributed by atoms with Crippen molar-refractivity contribution in [2.24, 2.45) is 5.73 Å². The van der Waals surface area contributed by atoms with E-state index in [4.69, 9.17) is 5.73 Å². The van der Waals surface area contributed by atoms with Crippen molar-refractivity contribution in [2.45, 2.75) is 37.4 Å². The average molecular weight is 263 g/mol. The molecule has 0 unspecified atom stereocenters. The Balaban J connectivity index is 2.91. The number of sulfonamides is 1. The lowest BCUT2D eigenvalue weighted by atomic mass is 10.1. The molecular formula is C9H17N3O2S2. The topological polar surface area (TPSA) is 85.1 Å². The average Bonchev–Trinajstić information content (AvgIpc) is 2.42. The second-order valence-electron chi connectivity index (χ2n) is 4.42. The van der Waals surface area contributed by atoms with Crippen molar-refractivity contribution in [1.29, 1.82) is 0 Å². The van der Waals surface area contributed by atoms with E-state index in [1.807, 2.05) is 0 Å². The highest BCUT2D eigenvalue weighted by Crippen LogP contribution is 2.22. The quantitative estimate of drug-likeness (QED) is 0.840. The maximum Gasteiger partial charge on any atom is 0.252 e. The Labute approximate surface area is 100 Å². The highest BCUT2D eigenvalue weighted by atomic mass is 32.2. The van der Waals surface area contributed by atoms with Gasteiger partial charge in [-0.1, -0.05) is 0 Å². The molecule has 0 amide bonds. The van der Waals surface area contributed by atoms with Crippen LogP contribution in [-0.4, -0.2) is 25.5 Å². The Morgan fingerprint density at radius 1 is 1.44 bits per heavy atom. The molecule has 0 spiro atoms. The lowest BCUT2D eigenvalue weighted by Gasteiger charge is -2.18. The van der Waals surface area contributed by atoms with Crippen molar-refractivity contribution < 1.29 is 8.42 Å². The van der Waals surface area contributed by atoms with Gasteiger partial charge in [0.25, 0.3) is 10.0 Å². The van der Waals surface area contributed by atoms with E-state index >= 15 is 0 Å². The minimum Gasteiger partial charge on any atom is -0.324 e. The molecule has 0 aliphatic heterocycles. The molecule has 7 heteroatoms. The van der Waals surface area contributed by atoms with Crippen LogP contribution in [0.4, 0.5) is 0 Å². The number of aryl methyl sites for hydroxylation is 2. The Bertz CT molecular complexity index is 471. The molecule has 5 nitrogen and oxygen atoms in total. The fourth-order valence-electron chi connectivity index (χ4n) is 1.11. The van der Waals surface area contributed by atoms with Crippen LogP contribution in [0.25, 0.3) is 0 Å². The van der Waals surface area contributed by atoms with E-state index in [0.29, 0.717) is 5.69 Å². The molecular weight excluding hydrogens is 246 g/mol. The monoisotopic (exact) mass is 263 g/mol. The Morgan fingerprint density at radius 2 is 2.00 bits per heavy atom. The second kappa shape index (κ2) is 4.40. The predicted molar refractivity (Wildman–Crippen MR) is 65.0 cm³/mol. The number of thiazole rings is 1. The van der Waals surface area contributed by atoms with Gasteiger partial charge < -0.3 is 5.73 Å². The summed E-state index contributed by atoms with van der Waals surface area (Å²) < 4.78 is 26.6. The summed E-state index contributed by atoms with van der Waals surface area (Å²) in [6.07, 6.45) is 0. The standard InChI is InChI=1S/C9H17N3O2S2/c1-6-8(15-7(2)12-6)16(13,14)11-5-9(3,4)10/h11H,5,10H2,1-4H3. The van der Waals surface area contributed by atoms with Crippen molar-refractivity contribution in [1.82, 2.24) is 9.71 Å². The van der Waals surface area contributed by atoms with Crippen LogP contribution >= 0.6 is 11.3 Å². The SMILES string of the molecule is Cc1nc(C)c(S(=O)(=O)NCC(C)(C)N)s1. The fourth-order valence-corrected chi connectivity index (χ4v) is 3.86. The lowest BCUT2D eigenvalue weighted by molar-refractivity contribution is 0.498. The molecule has 0 atom stereocenters. The van der Waals surface area contributed by atoms with E-state index in [1.165, 1.54) is 11.3 Å². The van der Waals surface area contributed by atoms with E-state index in [2.05, 4.69) is 9.71 Å². The van der Waals surface area contributed by atoms with Crippen molar-refractivity contribution in [2.75, 3.05) is 6.54 Å². The van der Waals surface area contributed by atoms with Crippen molar-refractivity contribution in [3.63, 3.8) is 0 Å². The van der Waals surface area contributed by atoms with E-state index < -0.39 is 15.6 Å². The highest BCUT2D eigenvalue weighted by Gasteiger charge is 2.23. The first-order valence-corrected chi connectivity index (χ1v) is 7.14. The van der Waals surface area contributed by atoms with Gasteiger partial charge in [-0.15, -0.1) is 11.3 Å². The fraction of sp³-hybridized carbons (Fsp3) is 0.667. The zero-order chi connectivity index (χ0) is 12.6. The van der Waals surface area contributed by atoms with Crippen LogP contribution in [0.5, 0.6) is 0 Å². The first-order valence-electron chi connectivity index (χ1n) is 4.84. The third-order valence-electron chi connectivity index (χ3n) is 1.82. The normalized spacial score (nSPS) is 13.1. The lowest BCUT2D eigenvalue weighted by Crippen LogP contribution is -2.44. The van der Waals surface area contributed by atoms with Crippen molar-refractivity contribution >= 4 is 21.4 Å². The van der Waals surface area contributed by atoms with E-state index in [9.17, 15) is 8.42 Å². The Hall–Kier alpha value is -0.500. The summed E-state index contributed by atoms with van der Waals surface area (Å²) in [7, 11) is -3.48. The van der Waals surface area contributed by atoms with Gasteiger partial charge in [-0.3, -0.25) is 0 Å². The smallest absolute Gasteiger partial charge is 0.252 e. The molecule has 1 rings (SSSR count). The molecule has 16 heavy (non-hydrogen) atoms. The van der Waals surface area contributed by atoms with Crippen LogP contribution in [0.3, 0.4) is 0 Å². The first-order chi connectivity index (χ1) is 7.12. The number of hydrogen-bond donors (Lipinski definition) is 2. The van der Waals surface area contributed by atoms with E-state index in [-0.39, 0.29) is 10.8 Å². The van der Waals surface area contributed by atoms with Gasteiger partial charge in [-0.25, -0.2) is 18.1 Å². The van der Waals surface area contributed by atoms with Gasteiger partial charge in [0.05, 0.1) is 10.7 Å². The summed E-state index contributed by atoms with van der Waals surface area (Å²) in [6.45, 7) is 7.20. The Kier molecular flexibility index (Phi) is 3.73. The summed E-state index contributed by atoms with van der Waals surface area (Å²) in [5.41, 5.74) is 5.69. The third-order valence-corrected chi connectivity index (χ3v) is 4.91. The minimum absolute atomic E-state index is 0.200. The van der Waals surface area contributed by atoms with E-state index in [0.717, 1.165) is 5.01 Å². The summed E-state index contributed by atoms with van der Waals surface area (Å²) in [4.78, 5) is 4.09. The summed E-state index contributed by atoms with van der Waals surface area (Å²) in [5.74, 6) is 0. The molecule has 0 bridgehead atoms. The molecule has 0 aliphatic carbocycles. The number of nitrogens with two attached hydrogens (primary N) is 1. The number of nitrogens with one attached hydrogen (secondary N) is 1. The summed E-state index contributed by atoms with van der Waals surface area (Å²) >= 11 is 1.17. The molecule has 0 saturated carbocycles. The van der Waals surface area contributed by atoms with Crippen LogP contribution in [0.15, 0.2) is 4.21 Å². The van der Waals surface area contributed by atoms with E-state index in [1.54, 1.807) is 27.7 Å². The highest BCUT2D eigenvalue weighted by molar-refractivity contribution is 7.91. The molecule has 0 aromatic carbocycles. The minimum atomic E-state index is -3.48.